The Morgan fingerprint density at radius 2 is 1.82 bits per heavy atom. The molecule has 124 valence electrons. The molecule has 1 heterocycles. The summed E-state index contributed by atoms with van der Waals surface area (Å²) in [6.07, 6.45) is 0.221. The fraction of sp³-hybridized carbons (Fsp3) is 0.667. The van der Waals surface area contributed by atoms with Gasteiger partial charge in [-0.3, -0.25) is 4.90 Å². The molecule has 0 aromatic heterocycles. The maximum Gasteiger partial charge on any atom is 0.119 e. The van der Waals surface area contributed by atoms with Crippen LogP contribution >= 0.6 is 0 Å². The summed E-state index contributed by atoms with van der Waals surface area (Å²) in [5.41, 5.74) is 1.44. The lowest BCUT2D eigenvalue weighted by molar-refractivity contribution is -0.00966. The van der Waals surface area contributed by atoms with Crippen molar-refractivity contribution in [2.24, 2.45) is 0 Å². The summed E-state index contributed by atoms with van der Waals surface area (Å²) in [5, 5.41) is 3.58. The molecule has 1 N–H and O–H groups in total. The van der Waals surface area contributed by atoms with E-state index in [1.54, 1.807) is 0 Å². The van der Waals surface area contributed by atoms with Crippen LogP contribution in [0.15, 0.2) is 24.3 Å². The van der Waals surface area contributed by atoms with Crippen molar-refractivity contribution < 1.29 is 9.47 Å². The van der Waals surface area contributed by atoms with E-state index >= 15 is 0 Å². The van der Waals surface area contributed by atoms with E-state index in [0.717, 1.165) is 45.1 Å². The third-order valence-electron chi connectivity index (χ3n) is 4.05. The summed E-state index contributed by atoms with van der Waals surface area (Å²) in [6.45, 7) is 14.3. The van der Waals surface area contributed by atoms with Crippen LogP contribution in [-0.2, 0) is 11.3 Å². The molecular formula is C18H30N2O2. The third kappa shape index (κ3) is 5.27. The first-order chi connectivity index (χ1) is 10.5. The zero-order valence-corrected chi connectivity index (χ0v) is 14.4. The molecule has 0 atom stereocenters. The van der Waals surface area contributed by atoms with Crippen LogP contribution in [0, 0.1) is 0 Å². The average Bonchev–Trinajstić information content (AvgIpc) is 2.49. The summed E-state index contributed by atoms with van der Waals surface area (Å²) in [4.78, 5) is 2.50. The normalized spacial score (nSPS) is 17.0. The molecule has 0 spiro atoms. The number of nitrogens with one attached hydrogen (secondary N) is 1. The molecule has 0 amide bonds. The molecule has 4 nitrogen and oxygen atoms in total. The van der Waals surface area contributed by atoms with E-state index in [-0.39, 0.29) is 11.6 Å². The number of hydrogen-bond acceptors (Lipinski definition) is 4. The molecule has 1 aliphatic heterocycles. The lowest BCUT2D eigenvalue weighted by atomic mass is 10.0. The van der Waals surface area contributed by atoms with Gasteiger partial charge < -0.3 is 14.8 Å². The lowest BCUT2D eigenvalue weighted by Crippen LogP contribution is -2.54. The highest BCUT2D eigenvalue weighted by Crippen LogP contribution is 2.16. The molecule has 1 saturated heterocycles. The second-order valence-electron chi connectivity index (χ2n) is 6.83. The molecule has 4 heteroatoms. The first kappa shape index (κ1) is 17.3. The van der Waals surface area contributed by atoms with E-state index in [2.05, 4.69) is 36.2 Å². The highest BCUT2D eigenvalue weighted by Gasteiger charge is 2.27. The summed E-state index contributed by atoms with van der Waals surface area (Å²) in [5.74, 6) is 0.937. The van der Waals surface area contributed by atoms with Crippen molar-refractivity contribution in [3.05, 3.63) is 29.8 Å². The number of ether oxygens (including phenoxy) is 2. The maximum absolute atomic E-state index is 5.67. The molecular weight excluding hydrogens is 276 g/mol. The van der Waals surface area contributed by atoms with Crippen LogP contribution in [0.3, 0.4) is 0 Å². The zero-order valence-electron chi connectivity index (χ0n) is 14.4. The molecule has 1 fully saturated rings. The van der Waals surface area contributed by atoms with E-state index in [4.69, 9.17) is 9.47 Å². The molecule has 1 aromatic rings. The van der Waals surface area contributed by atoms with Gasteiger partial charge in [0.25, 0.3) is 0 Å². The van der Waals surface area contributed by atoms with E-state index in [9.17, 15) is 0 Å². The molecule has 0 saturated carbocycles. The molecule has 1 aromatic carbocycles. The van der Waals surface area contributed by atoms with E-state index in [1.165, 1.54) is 5.56 Å². The van der Waals surface area contributed by atoms with Crippen LogP contribution in [0.2, 0.25) is 0 Å². The zero-order chi connectivity index (χ0) is 16.0. The van der Waals surface area contributed by atoms with Crippen LogP contribution in [0.25, 0.3) is 0 Å². The third-order valence-corrected chi connectivity index (χ3v) is 4.05. The van der Waals surface area contributed by atoms with Crippen molar-refractivity contribution in [3.8, 4) is 5.75 Å². The monoisotopic (exact) mass is 306 g/mol. The van der Waals surface area contributed by atoms with Gasteiger partial charge in [-0.15, -0.1) is 0 Å². The number of nitrogens with zero attached hydrogens (tertiary/aromatic N) is 1. The molecule has 0 radical (unpaired) electrons. The molecule has 22 heavy (non-hydrogen) atoms. The Kier molecular flexibility index (Phi) is 6.24. The Bertz CT molecular complexity index is 437. The Balaban J connectivity index is 1.77. The van der Waals surface area contributed by atoms with Gasteiger partial charge in [-0.2, -0.15) is 0 Å². The van der Waals surface area contributed by atoms with Gasteiger partial charge in [0, 0.05) is 31.7 Å². The largest absolute Gasteiger partial charge is 0.491 e. The van der Waals surface area contributed by atoms with Crippen molar-refractivity contribution in [2.45, 2.75) is 45.9 Å². The van der Waals surface area contributed by atoms with Gasteiger partial charge in [0.1, 0.15) is 5.75 Å². The van der Waals surface area contributed by atoms with Crippen LogP contribution < -0.4 is 10.1 Å². The van der Waals surface area contributed by atoms with Gasteiger partial charge in [0.2, 0.25) is 0 Å². The van der Waals surface area contributed by atoms with Gasteiger partial charge in [-0.05, 0) is 45.4 Å². The minimum Gasteiger partial charge on any atom is -0.491 e. The first-order valence-electron chi connectivity index (χ1n) is 8.26. The number of hydrogen-bond donors (Lipinski definition) is 1. The second-order valence-corrected chi connectivity index (χ2v) is 6.83. The Labute approximate surface area is 134 Å². The van der Waals surface area contributed by atoms with Crippen LogP contribution in [0.5, 0.6) is 5.75 Å². The highest BCUT2D eigenvalue weighted by atomic mass is 16.5. The number of morpholine rings is 1. The average molecular weight is 306 g/mol. The van der Waals surface area contributed by atoms with Gasteiger partial charge in [0.05, 0.1) is 19.3 Å². The highest BCUT2D eigenvalue weighted by molar-refractivity contribution is 5.27. The van der Waals surface area contributed by atoms with Crippen LogP contribution in [-0.4, -0.2) is 49.4 Å². The molecule has 1 aliphatic rings. The van der Waals surface area contributed by atoms with Crippen LogP contribution in [0.1, 0.15) is 33.3 Å². The smallest absolute Gasteiger partial charge is 0.119 e. The predicted octanol–water partition coefficient (Wildman–Crippen LogP) is 2.67. The SMILES string of the molecule is CC(C)Oc1ccc(CNCC(C)(C)N2CCOCC2)cc1. The van der Waals surface area contributed by atoms with Crippen LogP contribution in [0.4, 0.5) is 0 Å². The Morgan fingerprint density at radius 3 is 2.41 bits per heavy atom. The van der Waals surface area contributed by atoms with E-state index in [0.29, 0.717) is 0 Å². The Hall–Kier alpha value is -1.10. The summed E-state index contributed by atoms with van der Waals surface area (Å²) in [7, 11) is 0. The Morgan fingerprint density at radius 1 is 1.18 bits per heavy atom. The van der Waals surface area contributed by atoms with Gasteiger partial charge in [-0.25, -0.2) is 0 Å². The number of benzene rings is 1. The van der Waals surface area contributed by atoms with Gasteiger partial charge in [0.15, 0.2) is 0 Å². The molecule has 2 rings (SSSR count). The summed E-state index contributed by atoms with van der Waals surface area (Å²) >= 11 is 0. The lowest BCUT2D eigenvalue weighted by Gasteiger charge is -2.41. The quantitative estimate of drug-likeness (QED) is 0.840. The van der Waals surface area contributed by atoms with Gasteiger partial charge >= 0.3 is 0 Å². The van der Waals surface area contributed by atoms with Crippen molar-refractivity contribution in [2.75, 3.05) is 32.8 Å². The van der Waals surface area contributed by atoms with Crippen molar-refractivity contribution in [3.63, 3.8) is 0 Å². The topological polar surface area (TPSA) is 33.7 Å². The fourth-order valence-electron chi connectivity index (χ4n) is 2.75. The predicted molar refractivity (Wildman–Crippen MR) is 90.4 cm³/mol. The van der Waals surface area contributed by atoms with Crippen molar-refractivity contribution >= 4 is 0 Å². The summed E-state index contributed by atoms with van der Waals surface area (Å²) in [6, 6.07) is 8.35. The summed E-state index contributed by atoms with van der Waals surface area (Å²) < 4.78 is 11.1. The van der Waals surface area contributed by atoms with E-state index in [1.807, 2.05) is 26.0 Å². The second kappa shape index (κ2) is 7.95. The van der Waals surface area contributed by atoms with Crippen molar-refractivity contribution in [1.29, 1.82) is 0 Å². The van der Waals surface area contributed by atoms with Crippen molar-refractivity contribution in [1.82, 2.24) is 10.2 Å². The molecule has 0 bridgehead atoms. The standard InChI is InChI=1S/C18H30N2O2/c1-15(2)22-17-7-5-16(6-8-17)13-19-14-18(3,4)20-9-11-21-12-10-20/h5-8,15,19H,9-14H2,1-4H3. The fourth-order valence-corrected chi connectivity index (χ4v) is 2.75. The minimum atomic E-state index is 0.157. The minimum absolute atomic E-state index is 0.157. The number of rotatable bonds is 7. The maximum atomic E-state index is 5.67. The molecule has 0 unspecified atom stereocenters. The van der Waals surface area contributed by atoms with Gasteiger partial charge in [-0.1, -0.05) is 12.1 Å². The first-order valence-corrected chi connectivity index (χ1v) is 8.26. The van der Waals surface area contributed by atoms with E-state index < -0.39 is 0 Å². The molecule has 0 aliphatic carbocycles.